The molecule has 6 aromatic carbocycles. The summed E-state index contributed by atoms with van der Waals surface area (Å²) < 4.78 is 30.7. The largest absolute Gasteiger partial charge is 0.508 e. The van der Waals surface area contributed by atoms with E-state index in [2.05, 4.69) is 15.6 Å². The molecule has 10 rings (SSSR count). The molecule has 0 aliphatic rings. The van der Waals surface area contributed by atoms with Crippen LogP contribution < -0.4 is 10.6 Å². The average Bonchev–Trinajstić information content (AvgIpc) is 3.75. The number of rotatable bonds is 5. The van der Waals surface area contributed by atoms with Gasteiger partial charge in [0.1, 0.15) is 23.1 Å². The summed E-state index contributed by atoms with van der Waals surface area (Å²) in [7, 11) is 3.84. The molecule has 0 saturated carbocycles. The van der Waals surface area contributed by atoms with Gasteiger partial charge in [-0.25, -0.2) is 13.8 Å². The molecule has 0 radical (unpaired) electrons. The van der Waals surface area contributed by atoms with Crippen molar-refractivity contribution >= 4 is 90.0 Å². The molecule has 0 unspecified atom stereocenters. The molecule has 10 nitrogen and oxygen atoms in total. The second kappa shape index (κ2) is 19.7. The molecule has 338 valence electrons. The number of aryl methyl sites for hydroxylation is 4. The molecule has 0 aliphatic carbocycles. The van der Waals surface area contributed by atoms with E-state index < -0.39 is 0 Å². The van der Waals surface area contributed by atoms with Crippen LogP contribution in [0.25, 0.3) is 54.9 Å². The summed E-state index contributed by atoms with van der Waals surface area (Å²) in [6, 6.07) is 36.0. The van der Waals surface area contributed by atoms with Crippen LogP contribution in [0.3, 0.4) is 0 Å². The Morgan fingerprint density at radius 2 is 1.06 bits per heavy atom. The van der Waals surface area contributed by atoms with Gasteiger partial charge in [-0.15, -0.1) is 0 Å². The molecule has 0 saturated heterocycles. The Balaban J connectivity index is 0.000000164. The van der Waals surface area contributed by atoms with Crippen LogP contribution in [-0.4, -0.2) is 41.1 Å². The first-order chi connectivity index (χ1) is 31.6. The van der Waals surface area contributed by atoms with Crippen molar-refractivity contribution in [3.8, 4) is 22.8 Å². The molecular weight excluding hydrogens is 894 g/mol. The Hall–Kier alpha value is -7.80. The smallest absolute Gasteiger partial charge is 0.256 e. The molecule has 4 aromatic heterocycles. The Morgan fingerprint density at radius 3 is 1.61 bits per heavy atom. The summed E-state index contributed by atoms with van der Waals surface area (Å²) in [5, 5.41) is 28.8. The number of phenolic OH excluding ortho intramolecular Hbond substituents is 2. The van der Waals surface area contributed by atoms with Gasteiger partial charge in [-0.1, -0.05) is 42.8 Å². The molecule has 2 amide bonds. The molecule has 67 heavy (non-hydrogen) atoms. The van der Waals surface area contributed by atoms with Gasteiger partial charge in [-0.3, -0.25) is 14.6 Å². The van der Waals surface area contributed by atoms with Gasteiger partial charge in [-0.2, -0.15) is 0 Å². The zero-order chi connectivity index (χ0) is 46.8. The van der Waals surface area contributed by atoms with Crippen molar-refractivity contribution in [2.75, 3.05) is 10.6 Å². The van der Waals surface area contributed by atoms with E-state index in [-0.39, 0.29) is 42.4 Å². The maximum atomic E-state index is 14.0. The molecule has 0 fully saturated rings. The first-order valence-corrected chi connectivity index (χ1v) is 21.2. The predicted octanol–water partition coefficient (Wildman–Crippen LogP) is 13.6. The van der Waals surface area contributed by atoms with Gasteiger partial charge in [-0.05, 0) is 129 Å². The number of nitrogens with zero attached hydrogens (tertiary/aromatic N) is 4. The molecule has 10 aromatic rings. The molecule has 4 N–H and O–H groups in total. The van der Waals surface area contributed by atoms with Crippen LogP contribution in [0.1, 0.15) is 39.4 Å². The van der Waals surface area contributed by atoms with Gasteiger partial charge >= 0.3 is 0 Å². The minimum atomic E-state index is -0.377. The molecule has 0 spiro atoms. The number of aromatic nitrogens is 4. The minimum absolute atomic E-state index is 0. The molecule has 0 bridgehead atoms. The highest BCUT2D eigenvalue weighted by Gasteiger charge is 2.19. The lowest BCUT2D eigenvalue weighted by atomic mass is 10.0. The van der Waals surface area contributed by atoms with Gasteiger partial charge in [0.05, 0.1) is 27.9 Å². The fourth-order valence-corrected chi connectivity index (χ4v) is 8.08. The zero-order valence-electron chi connectivity index (χ0n) is 35.9. The number of amides is 2. The van der Waals surface area contributed by atoms with Crippen molar-refractivity contribution < 1.29 is 28.6 Å². The number of carbonyl (C=O) groups excluding carboxylic acids is 2. The van der Waals surface area contributed by atoms with E-state index in [4.69, 9.17) is 28.2 Å². The highest BCUT2D eigenvalue weighted by molar-refractivity contribution is 6.32. The summed E-state index contributed by atoms with van der Waals surface area (Å²) >= 11 is 12.2. The number of aromatic hydroxyl groups is 2. The monoisotopic (exact) mass is 936 g/mol. The molecule has 14 heteroatoms. The van der Waals surface area contributed by atoms with Crippen LogP contribution >= 0.6 is 23.2 Å². The van der Waals surface area contributed by atoms with Crippen LogP contribution in [-0.2, 0) is 14.1 Å². The fraction of sp³-hybridized carbons (Fsp3) is 0.0943. The van der Waals surface area contributed by atoms with E-state index in [1.54, 1.807) is 97.1 Å². The topological polar surface area (TPSA) is 134 Å². The molecule has 0 aliphatic heterocycles. The quantitative estimate of drug-likeness (QED) is 0.136. The summed E-state index contributed by atoms with van der Waals surface area (Å²) in [6.45, 7) is 3.82. The number of anilines is 2. The minimum Gasteiger partial charge on any atom is -0.508 e. The van der Waals surface area contributed by atoms with Crippen molar-refractivity contribution in [2.45, 2.75) is 21.3 Å². The number of benzene rings is 6. The first-order valence-electron chi connectivity index (χ1n) is 20.4. The number of nitrogens with one attached hydrogen (secondary N) is 2. The number of pyridine rings is 2. The second-order valence-corrected chi connectivity index (χ2v) is 16.5. The Labute approximate surface area is 394 Å². The van der Waals surface area contributed by atoms with E-state index in [0.717, 1.165) is 27.7 Å². The number of hydrogen-bond donors (Lipinski definition) is 4. The van der Waals surface area contributed by atoms with Crippen molar-refractivity contribution in [3.63, 3.8) is 0 Å². The third kappa shape index (κ3) is 10.5. The fourth-order valence-electron chi connectivity index (χ4n) is 7.74. The second-order valence-electron chi connectivity index (χ2n) is 15.6. The zero-order valence-corrected chi connectivity index (χ0v) is 37.4. The molecule has 0 atom stereocenters. The SMILES string of the molecule is C.Cc1cc(C(=O)Nc2cccc(O)c2)c2cc(Cl)ccc2n1.Cc1cn(C)c2ccc(F)cc12.Cn1cc(-c2cc(C(=O)Nc3cccc(O)c3)c3cc(Cl)ccc3n2)c2cc(F)ccc21. The lowest BCUT2D eigenvalue weighted by molar-refractivity contribution is 0.102. The van der Waals surface area contributed by atoms with Crippen LogP contribution in [0, 0.1) is 25.5 Å². The lowest BCUT2D eigenvalue weighted by Crippen LogP contribution is -2.13. The predicted molar refractivity (Wildman–Crippen MR) is 267 cm³/mol. The third-order valence-electron chi connectivity index (χ3n) is 10.7. The van der Waals surface area contributed by atoms with Gasteiger partial charge in [0.15, 0.2) is 0 Å². The summed E-state index contributed by atoms with van der Waals surface area (Å²) in [6.07, 6.45) is 3.87. The Kier molecular flexibility index (Phi) is 13.9. The molecular formula is C53H44Cl2F2N6O4. The Morgan fingerprint density at radius 1 is 0.567 bits per heavy atom. The summed E-state index contributed by atoms with van der Waals surface area (Å²) in [5.74, 6) is -1.03. The third-order valence-corrected chi connectivity index (χ3v) is 11.2. The van der Waals surface area contributed by atoms with E-state index in [9.17, 15) is 28.6 Å². The lowest BCUT2D eigenvalue weighted by Gasteiger charge is -2.11. The number of phenols is 2. The Bertz CT molecular complexity index is 3520. The first kappa shape index (κ1) is 47.2. The summed E-state index contributed by atoms with van der Waals surface area (Å²) in [5.41, 5.74) is 8.18. The van der Waals surface area contributed by atoms with E-state index in [1.165, 1.54) is 36.4 Å². The van der Waals surface area contributed by atoms with Gasteiger partial charge < -0.3 is 30.0 Å². The number of fused-ring (bicyclic) bond motifs is 4. The van der Waals surface area contributed by atoms with E-state index in [1.807, 2.05) is 49.5 Å². The van der Waals surface area contributed by atoms with Crippen molar-refractivity contribution in [2.24, 2.45) is 14.1 Å². The van der Waals surface area contributed by atoms with Crippen molar-refractivity contribution in [3.05, 3.63) is 190 Å². The van der Waals surface area contributed by atoms with Crippen molar-refractivity contribution in [1.82, 2.24) is 19.1 Å². The van der Waals surface area contributed by atoms with Crippen LogP contribution in [0.2, 0.25) is 10.0 Å². The number of carbonyl (C=O) groups is 2. The maximum absolute atomic E-state index is 14.0. The highest BCUT2D eigenvalue weighted by atomic mass is 35.5. The van der Waals surface area contributed by atoms with Crippen LogP contribution in [0.15, 0.2) is 146 Å². The van der Waals surface area contributed by atoms with Crippen LogP contribution in [0.4, 0.5) is 20.2 Å². The van der Waals surface area contributed by atoms with Crippen LogP contribution in [0.5, 0.6) is 11.5 Å². The number of hydrogen-bond acceptors (Lipinski definition) is 6. The van der Waals surface area contributed by atoms with E-state index >= 15 is 0 Å². The van der Waals surface area contributed by atoms with E-state index in [0.29, 0.717) is 71.0 Å². The number of halogens is 4. The normalized spacial score (nSPS) is 10.8. The van der Waals surface area contributed by atoms with Crippen molar-refractivity contribution in [1.29, 1.82) is 0 Å². The van der Waals surface area contributed by atoms with Gasteiger partial charge in [0, 0.05) is 104 Å². The molecule has 4 heterocycles. The highest BCUT2D eigenvalue weighted by Crippen LogP contribution is 2.34. The average molecular weight is 938 g/mol. The summed E-state index contributed by atoms with van der Waals surface area (Å²) in [4.78, 5) is 34.9. The standard InChI is InChI=1S/C25H17ClFN3O2.C17H13ClN2O2.C10H10FN.CH4/c1-30-13-21(19-10-15(27)6-8-24(19)30)23-12-20(18-9-14(26)5-7-22(18)29-23)25(32)28-16-3-2-4-17(31)11-16;1-10-7-15(14-8-11(18)5-6-16(14)19-10)17(22)20-12-3-2-4-13(21)9-12;1-7-6-12(2)10-4-3-8(11)5-9(7)10;/h2-13,31H,1H3,(H,28,32);2-9,21H,1H3,(H,20,22);3-6H,1-2H3;1H4. The van der Waals surface area contributed by atoms with Gasteiger partial charge in [0.2, 0.25) is 0 Å². The maximum Gasteiger partial charge on any atom is 0.256 e. The van der Waals surface area contributed by atoms with Gasteiger partial charge in [0.25, 0.3) is 11.8 Å².